The van der Waals surface area contributed by atoms with E-state index in [1.807, 2.05) is 61.5 Å². The Morgan fingerprint density at radius 3 is 2.29 bits per heavy atom. The van der Waals surface area contributed by atoms with E-state index in [0.717, 1.165) is 11.1 Å². The molecule has 0 spiro atoms. The van der Waals surface area contributed by atoms with Gasteiger partial charge in [0.05, 0.1) is 6.04 Å². The predicted octanol–water partition coefficient (Wildman–Crippen LogP) is 3.56. The molecular weight excluding hydrogens is 284 g/mol. The lowest BCUT2D eigenvalue weighted by Crippen LogP contribution is -2.37. The quantitative estimate of drug-likeness (QED) is 0.938. The molecule has 0 radical (unpaired) electrons. The van der Waals surface area contributed by atoms with Crippen LogP contribution in [-0.4, -0.2) is 17.9 Å². The van der Waals surface area contributed by atoms with Gasteiger partial charge >= 0.3 is 0 Å². The van der Waals surface area contributed by atoms with E-state index in [0.29, 0.717) is 5.02 Å². The third-order valence-corrected chi connectivity index (χ3v) is 4.05. The molecular formula is C17H19ClN2O. The number of halogens is 1. The lowest BCUT2D eigenvalue weighted by molar-refractivity contribution is -0.133. The van der Waals surface area contributed by atoms with Gasteiger partial charge in [0, 0.05) is 12.1 Å². The Bertz CT molecular complexity index is 615. The Labute approximate surface area is 130 Å². The highest BCUT2D eigenvalue weighted by Crippen LogP contribution is 2.27. The first-order chi connectivity index (χ1) is 10.0. The molecule has 0 saturated heterocycles. The van der Waals surface area contributed by atoms with E-state index in [4.69, 9.17) is 17.3 Å². The number of hydrogen-bond acceptors (Lipinski definition) is 2. The summed E-state index contributed by atoms with van der Waals surface area (Å²) in [6.45, 7) is 1.94. The first kappa shape index (κ1) is 15.5. The van der Waals surface area contributed by atoms with E-state index in [1.54, 1.807) is 11.9 Å². The monoisotopic (exact) mass is 302 g/mol. The molecule has 2 rings (SSSR count). The van der Waals surface area contributed by atoms with Crippen molar-refractivity contribution in [2.75, 3.05) is 7.05 Å². The molecule has 0 aliphatic rings. The minimum Gasteiger partial charge on any atom is -0.337 e. The number of nitrogens with two attached hydrogens (primary N) is 1. The van der Waals surface area contributed by atoms with Crippen LogP contribution in [0.5, 0.6) is 0 Å². The second kappa shape index (κ2) is 6.74. The van der Waals surface area contributed by atoms with Gasteiger partial charge in [0.25, 0.3) is 0 Å². The Balaban J connectivity index is 2.18. The smallest absolute Gasteiger partial charge is 0.244 e. The van der Waals surface area contributed by atoms with E-state index >= 15 is 0 Å². The molecule has 0 fully saturated rings. The van der Waals surface area contributed by atoms with Gasteiger partial charge in [-0.1, -0.05) is 60.1 Å². The predicted molar refractivity (Wildman–Crippen MR) is 86.0 cm³/mol. The van der Waals surface area contributed by atoms with Gasteiger partial charge in [-0.3, -0.25) is 4.79 Å². The normalized spacial score (nSPS) is 13.5. The molecule has 110 valence electrons. The molecule has 0 aromatic heterocycles. The number of rotatable bonds is 4. The van der Waals surface area contributed by atoms with Crippen LogP contribution in [-0.2, 0) is 4.79 Å². The zero-order chi connectivity index (χ0) is 15.4. The van der Waals surface area contributed by atoms with Crippen molar-refractivity contribution in [3.8, 4) is 0 Å². The zero-order valence-electron chi connectivity index (χ0n) is 12.2. The summed E-state index contributed by atoms with van der Waals surface area (Å²) in [5.41, 5.74) is 7.79. The van der Waals surface area contributed by atoms with Crippen molar-refractivity contribution in [1.29, 1.82) is 0 Å². The molecule has 0 aliphatic heterocycles. The fourth-order valence-electron chi connectivity index (χ4n) is 2.24. The molecule has 2 aromatic carbocycles. The third-order valence-electron chi connectivity index (χ3n) is 3.71. The average molecular weight is 303 g/mol. The minimum atomic E-state index is -0.666. The first-order valence-electron chi connectivity index (χ1n) is 6.84. The number of amides is 1. The van der Waals surface area contributed by atoms with E-state index in [9.17, 15) is 4.79 Å². The summed E-state index contributed by atoms with van der Waals surface area (Å²) in [7, 11) is 1.75. The van der Waals surface area contributed by atoms with Crippen LogP contribution < -0.4 is 5.73 Å². The molecule has 2 N–H and O–H groups in total. The minimum absolute atomic E-state index is 0.131. The number of nitrogens with zero attached hydrogens (tertiary/aromatic N) is 1. The standard InChI is InChI=1S/C17H19ClN2O/c1-12(14-10-6-7-11-15(14)18)20(2)17(21)16(19)13-8-4-3-5-9-13/h3-12,16H,19H2,1-2H3/t12?,16-/m0/s1. The Morgan fingerprint density at radius 1 is 1.10 bits per heavy atom. The fraction of sp³-hybridized carbons (Fsp3) is 0.235. The summed E-state index contributed by atoms with van der Waals surface area (Å²) in [6, 6.07) is 16.1. The number of likely N-dealkylation sites (N-methyl/N-ethyl adjacent to an activating group) is 1. The molecule has 0 bridgehead atoms. The summed E-state index contributed by atoms with van der Waals surface area (Å²) < 4.78 is 0. The van der Waals surface area contributed by atoms with E-state index in [2.05, 4.69) is 0 Å². The second-order valence-corrected chi connectivity index (χ2v) is 5.44. The summed E-state index contributed by atoms with van der Waals surface area (Å²) in [6.07, 6.45) is 0. The number of hydrogen-bond donors (Lipinski definition) is 1. The number of carbonyl (C=O) groups is 1. The van der Waals surface area contributed by atoms with Gasteiger partial charge < -0.3 is 10.6 Å². The summed E-state index contributed by atoms with van der Waals surface area (Å²) in [4.78, 5) is 14.2. The molecule has 1 unspecified atom stereocenters. The molecule has 2 atom stereocenters. The lowest BCUT2D eigenvalue weighted by Gasteiger charge is -2.28. The topological polar surface area (TPSA) is 46.3 Å². The molecule has 0 heterocycles. The highest BCUT2D eigenvalue weighted by molar-refractivity contribution is 6.31. The van der Waals surface area contributed by atoms with Crippen LogP contribution in [0.3, 0.4) is 0 Å². The average Bonchev–Trinajstić information content (AvgIpc) is 2.53. The molecule has 4 heteroatoms. The van der Waals surface area contributed by atoms with Crippen LogP contribution in [0.1, 0.15) is 30.1 Å². The molecule has 1 amide bonds. The van der Waals surface area contributed by atoms with Crippen molar-refractivity contribution in [2.24, 2.45) is 5.73 Å². The molecule has 0 saturated carbocycles. The Hall–Kier alpha value is -1.84. The van der Waals surface area contributed by atoms with Crippen LogP contribution in [0.25, 0.3) is 0 Å². The van der Waals surface area contributed by atoms with Crippen molar-refractivity contribution in [3.63, 3.8) is 0 Å². The van der Waals surface area contributed by atoms with Gasteiger partial charge in [-0.15, -0.1) is 0 Å². The molecule has 21 heavy (non-hydrogen) atoms. The van der Waals surface area contributed by atoms with Gasteiger partial charge in [0.2, 0.25) is 5.91 Å². The number of carbonyl (C=O) groups excluding carboxylic acids is 1. The van der Waals surface area contributed by atoms with Crippen LogP contribution in [0.15, 0.2) is 54.6 Å². The van der Waals surface area contributed by atoms with Crippen LogP contribution >= 0.6 is 11.6 Å². The summed E-state index contributed by atoms with van der Waals surface area (Å²) >= 11 is 6.20. The van der Waals surface area contributed by atoms with Crippen LogP contribution in [0, 0.1) is 0 Å². The van der Waals surface area contributed by atoms with Crippen LogP contribution in [0.4, 0.5) is 0 Å². The molecule has 0 aliphatic carbocycles. The maximum Gasteiger partial charge on any atom is 0.244 e. The first-order valence-corrected chi connectivity index (χ1v) is 7.21. The van der Waals surface area contributed by atoms with Crippen molar-refractivity contribution in [1.82, 2.24) is 4.90 Å². The number of benzene rings is 2. The van der Waals surface area contributed by atoms with E-state index in [-0.39, 0.29) is 11.9 Å². The SMILES string of the molecule is CC(c1ccccc1Cl)N(C)C(=O)[C@@H](N)c1ccccc1. The maximum atomic E-state index is 12.5. The molecule has 2 aromatic rings. The van der Waals surface area contributed by atoms with Gasteiger partial charge in [-0.05, 0) is 24.1 Å². The summed E-state index contributed by atoms with van der Waals surface area (Å²) in [5, 5.41) is 0.651. The highest BCUT2D eigenvalue weighted by atomic mass is 35.5. The van der Waals surface area contributed by atoms with Crippen molar-refractivity contribution >= 4 is 17.5 Å². The van der Waals surface area contributed by atoms with Crippen LogP contribution in [0.2, 0.25) is 5.02 Å². The van der Waals surface area contributed by atoms with E-state index in [1.165, 1.54) is 0 Å². The fourth-order valence-corrected chi connectivity index (χ4v) is 2.53. The van der Waals surface area contributed by atoms with Gasteiger partial charge in [-0.25, -0.2) is 0 Å². The maximum absolute atomic E-state index is 12.5. The molecule has 3 nitrogen and oxygen atoms in total. The van der Waals surface area contributed by atoms with Gasteiger partial charge in [0.15, 0.2) is 0 Å². The van der Waals surface area contributed by atoms with Crippen molar-refractivity contribution in [2.45, 2.75) is 19.0 Å². The third kappa shape index (κ3) is 3.43. The second-order valence-electron chi connectivity index (χ2n) is 5.03. The Morgan fingerprint density at radius 2 is 1.67 bits per heavy atom. The van der Waals surface area contributed by atoms with Gasteiger partial charge in [0.1, 0.15) is 6.04 Å². The van der Waals surface area contributed by atoms with E-state index < -0.39 is 6.04 Å². The van der Waals surface area contributed by atoms with Gasteiger partial charge in [-0.2, -0.15) is 0 Å². The lowest BCUT2D eigenvalue weighted by atomic mass is 10.0. The van der Waals surface area contributed by atoms with Crippen molar-refractivity contribution in [3.05, 3.63) is 70.7 Å². The highest BCUT2D eigenvalue weighted by Gasteiger charge is 2.24. The largest absolute Gasteiger partial charge is 0.337 e. The Kier molecular flexibility index (Phi) is 4.99. The van der Waals surface area contributed by atoms with Crippen molar-refractivity contribution < 1.29 is 4.79 Å². The zero-order valence-corrected chi connectivity index (χ0v) is 12.9. The summed E-state index contributed by atoms with van der Waals surface area (Å²) in [5.74, 6) is -0.131.